The molecule has 2 N–H and O–H groups in total. The SMILES string of the molecule is CCOC(=O)CN(C)c1nc2ccccc2cc1C(N)=S. The fraction of sp³-hybridized carbons (Fsp3) is 0.267. The third-order valence-corrected chi connectivity index (χ3v) is 3.22. The van der Waals surface area contributed by atoms with Crippen molar-refractivity contribution in [1.82, 2.24) is 4.98 Å². The quantitative estimate of drug-likeness (QED) is 0.672. The number of pyridine rings is 1. The largest absolute Gasteiger partial charge is 0.465 e. The molecule has 0 spiro atoms. The normalized spacial score (nSPS) is 10.4. The van der Waals surface area contributed by atoms with Gasteiger partial charge >= 0.3 is 5.97 Å². The predicted octanol–water partition coefficient (Wildman–Crippen LogP) is 1.87. The molecule has 110 valence electrons. The molecule has 2 aromatic rings. The van der Waals surface area contributed by atoms with E-state index in [9.17, 15) is 4.79 Å². The summed E-state index contributed by atoms with van der Waals surface area (Å²) in [5.41, 5.74) is 7.25. The minimum absolute atomic E-state index is 0.0921. The lowest BCUT2D eigenvalue weighted by Gasteiger charge is -2.20. The molecule has 0 saturated heterocycles. The Kier molecular flexibility index (Phi) is 4.70. The maximum absolute atomic E-state index is 11.6. The molecular weight excluding hydrogens is 286 g/mol. The average molecular weight is 303 g/mol. The lowest BCUT2D eigenvalue weighted by atomic mass is 10.1. The number of thiocarbonyl (C=S) groups is 1. The number of rotatable bonds is 5. The first-order valence-electron chi connectivity index (χ1n) is 6.59. The minimum Gasteiger partial charge on any atom is -0.465 e. The van der Waals surface area contributed by atoms with Crippen LogP contribution >= 0.6 is 12.2 Å². The number of fused-ring (bicyclic) bond motifs is 1. The third kappa shape index (κ3) is 3.46. The van der Waals surface area contributed by atoms with Gasteiger partial charge < -0.3 is 15.4 Å². The summed E-state index contributed by atoms with van der Waals surface area (Å²) in [5, 5.41) is 0.952. The Hall–Kier alpha value is -2.21. The van der Waals surface area contributed by atoms with Crippen LogP contribution in [0.25, 0.3) is 10.9 Å². The molecule has 0 radical (unpaired) electrons. The second kappa shape index (κ2) is 6.49. The highest BCUT2D eigenvalue weighted by molar-refractivity contribution is 7.80. The average Bonchev–Trinajstić information content (AvgIpc) is 2.45. The van der Waals surface area contributed by atoms with Crippen molar-refractivity contribution in [2.45, 2.75) is 6.92 Å². The van der Waals surface area contributed by atoms with Gasteiger partial charge in [0, 0.05) is 12.4 Å². The van der Waals surface area contributed by atoms with Gasteiger partial charge in [0.1, 0.15) is 17.4 Å². The van der Waals surface area contributed by atoms with Gasteiger partial charge in [0.15, 0.2) is 0 Å². The summed E-state index contributed by atoms with van der Waals surface area (Å²) < 4.78 is 4.95. The Morgan fingerprint density at radius 3 is 2.81 bits per heavy atom. The molecule has 1 heterocycles. The summed E-state index contributed by atoms with van der Waals surface area (Å²) in [6.45, 7) is 2.21. The number of hydrogen-bond donors (Lipinski definition) is 1. The molecule has 0 aliphatic carbocycles. The Balaban J connectivity index is 2.42. The van der Waals surface area contributed by atoms with Gasteiger partial charge in [-0.15, -0.1) is 0 Å². The maximum Gasteiger partial charge on any atom is 0.325 e. The highest BCUT2D eigenvalue weighted by atomic mass is 32.1. The molecular formula is C15H17N3O2S. The van der Waals surface area contributed by atoms with Gasteiger partial charge in [-0.3, -0.25) is 4.79 Å². The summed E-state index contributed by atoms with van der Waals surface area (Å²) in [7, 11) is 1.76. The maximum atomic E-state index is 11.6. The second-order valence-corrected chi connectivity index (χ2v) is 5.02. The van der Waals surface area contributed by atoms with E-state index in [4.69, 9.17) is 22.7 Å². The molecule has 2 rings (SSSR count). The molecule has 1 aromatic heterocycles. The highest BCUT2D eigenvalue weighted by Crippen LogP contribution is 2.22. The standard InChI is InChI=1S/C15H17N3O2S/c1-3-20-13(19)9-18(2)15-11(14(16)21)8-10-6-4-5-7-12(10)17-15/h4-8H,3,9H2,1-2H3,(H2,16,21). The van der Waals surface area contributed by atoms with E-state index in [1.54, 1.807) is 18.9 Å². The van der Waals surface area contributed by atoms with Crippen molar-refractivity contribution in [3.8, 4) is 0 Å². The lowest BCUT2D eigenvalue weighted by Crippen LogP contribution is -2.30. The van der Waals surface area contributed by atoms with Gasteiger partial charge in [0.25, 0.3) is 0 Å². The molecule has 0 amide bonds. The zero-order chi connectivity index (χ0) is 15.4. The molecule has 0 atom stereocenters. The van der Waals surface area contributed by atoms with Crippen LogP contribution in [0.1, 0.15) is 12.5 Å². The van der Waals surface area contributed by atoms with Crippen LogP contribution in [-0.4, -0.2) is 36.1 Å². The first kappa shape index (κ1) is 15.2. The number of benzene rings is 1. The lowest BCUT2D eigenvalue weighted by molar-refractivity contribution is -0.141. The van der Waals surface area contributed by atoms with Crippen molar-refractivity contribution in [3.63, 3.8) is 0 Å². The van der Waals surface area contributed by atoms with Crippen LogP contribution in [0.5, 0.6) is 0 Å². The smallest absolute Gasteiger partial charge is 0.325 e. The molecule has 21 heavy (non-hydrogen) atoms. The Morgan fingerprint density at radius 1 is 1.43 bits per heavy atom. The number of carbonyl (C=O) groups excluding carboxylic acids is 1. The molecule has 5 nitrogen and oxygen atoms in total. The van der Waals surface area contributed by atoms with Gasteiger partial charge in [-0.25, -0.2) is 4.98 Å². The van der Waals surface area contributed by atoms with E-state index in [0.29, 0.717) is 18.0 Å². The van der Waals surface area contributed by atoms with Crippen LogP contribution < -0.4 is 10.6 Å². The number of nitrogens with two attached hydrogens (primary N) is 1. The van der Waals surface area contributed by atoms with E-state index < -0.39 is 0 Å². The molecule has 0 saturated carbocycles. The third-order valence-electron chi connectivity index (χ3n) is 3.00. The van der Waals surface area contributed by atoms with Crippen molar-refractivity contribution in [1.29, 1.82) is 0 Å². The van der Waals surface area contributed by atoms with Crippen LogP contribution in [0.2, 0.25) is 0 Å². The van der Waals surface area contributed by atoms with E-state index in [2.05, 4.69) is 4.98 Å². The van der Waals surface area contributed by atoms with Crippen molar-refractivity contribution in [2.75, 3.05) is 25.1 Å². The molecule has 0 fully saturated rings. The van der Waals surface area contributed by atoms with Gasteiger partial charge in [0.05, 0.1) is 17.7 Å². The van der Waals surface area contributed by atoms with E-state index >= 15 is 0 Å². The Morgan fingerprint density at radius 2 is 2.14 bits per heavy atom. The van der Waals surface area contributed by atoms with E-state index in [0.717, 1.165) is 10.9 Å². The Labute approximate surface area is 128 Å². The van der Waals surface area contributed by atoms with Crippen LogP contribution in [0, 0.1) is 0 Å². The van der Waals surface area contributed by atoms with E-state index in [-0.39, 0.29) is 17.5 Å². The number of nitrogens with zero attached hydrogens (tertiary/aromatic N) is 2. The fourth-order valence-corrected chi connectivity index (χ4v) is 2.20. The monoisotopic (exact) mass is 303 g/mol. The first-order valence-corrected chi connectivity index (χ1v) is 7.00. The van der Waals surface area contributed by atoms with Crippen molar-refractivity contribution < 1.29 is 9.53 Å². The Bertz CT molecular complexity index is 688. The summed E-state index contributed by atoms with van der Waals surface area (Å²) in [5.74, 6) is 0.262. The van der Waals surface area contributed by atoms with Crippen molar-refractivity contribution >= 4 is 39.9 Å². The van der Waals surface area contributed by atoms with E-state index in [1.807, 2.05) is 30.3 Å². The van der Waals surface area contributed by atoms with Crippen LogP contribution in [-0.2, 0) is 9.53 Å². The van der Waals surface area contributed by atoms with Crippen molar-refractivity contribution in [3.05, 3.63) is 35.9 Å². The molecule has 0 bridgehead atoms. The molecule has 0 aliphatic heterocycles. The molecule has 0 unspecified atom stereocenters. The molecule has 0 aliphatic rings. The summed E-state index contributed by atoms with van der Waals surface area (Å²) in [4.78, 5) is 18.1. The van der Waals surface area contributed by atoms with E-state index in [1.165, 1.54) is 0 Å². The summed E-state index contributed by atoms with van der Waals surface area (Å²) in [6, 6.07) is 9.57. The number of esters is 1. The molecule has 1 aromatic carbocycles. The zero-order valence-corrected chi connectivity index (χ0v) is 12.8. The summed E-state index contributed by atoms with van der Waals surface area (Å²) >= 11 is 5.09. The number of para-hydroxylation sites is 1. The van der Waals surface area contributed by atoms with Crippen molar-refractivity contribution in [2.24, 2.45) is 5.73 Å². The van der Waals surface area contributed by atoms with Crippen LogP contribution in [0.3, 0.4) is 0 Å². The van der Waals surface area contributed by atoms with Crippen LogP contribution in [0.15, 0.2) is 30.3 Å². The zero-order valence-electron chi connectivity index (χ0n) is 12.0. The fourth-order valence-electron chi connectivity index (χ4n) is 2.05. The molecule has 6 heteroatoms. The number of carbonyl (C=O) groups is 1. The number of anilines is 1. The minimum atomic E-state index is -0.316. The van der Waals surface area contributed by atoms with Gasteiger partial charge in [0.2, 0.25) is 0 Å². The predicted molar refractivity (Wildman–Crippen MR) is 87.5 cm³/mol. The number of ether oxygens (including phenoxy) is 1. The van der Waals surface area contributed by atoms with Gasteiger partial charge in [-0.05, 0) is 19.1 Å². The second-order valence-electron chi connectivity index (χ2n) is 4.58. The van der Waals surface area contributed by atoms with Crippen LogP contribution in [0.4, 0.5) is 5.82 Å². The highest BCUT2D eigenvalue weighted by Gasteiger charge is 2.16. The van der Waals surface area contributed by atoms with Gasteiger partial charge in [-0.2, -0.15) is 0 Å². The summed E-state index contributed by atoms with van der Waals surface area (Å²) in [6.07, 6.45) is 0. The number of likely N-dealkylation sites (N-methyl/N-ethyl adjacent to an activating group) is 1. The topological polar surface area (TPSA) is 68.5 Å². The number of aromatic nitrogens is 1. The number of hydrogen-bond acceptors (Lipinski definition) is 5. The van der Waals surface area contributed by atoms with Gasteiger partial charge in [-0.1, -0.05) is 30.4 Å². The first-order chi connectivity index (χ1) is 10.0.